The second-order valence-corrected chi connectivity index (χ2v) is 12.1. The quantitative estimate of drug-likeness (QED) is 0.598. The van der Waals surface area contributed by atoms with E-state index in [-0.39, 0.29) is 26.4 Å². The maximum absolute atomic E-state index is 12.8. The van der Waals surface area contributed by atoms with Crippen molar-refractivity contribution in [2.24, 2.45) is 5.41 Å². The van der Waals surface area contributed by atoms with E-state index >= 15 is 0 Å². The summed E-state index contributed by atoms with van der Waals surface area (Å²) in [5, 5.41) is 0. The third-order valence-electron chi connectivity index (χ3n) is 5.30. The van der Waals surface area contributed by atoms with Crippen LogP contribution in [0.15, 0.2) is 60.7 Å². The largest absolute Gasteiger partial charge is 0.331 e. The van der Waals surface area contributed by atoms with Gasteiger partial charge < -0.3 is 18.1 Å². The molecule has 2 aliphatic rings. The van der Waals surface area contributed by atoms with Crippen LogP contribution in [0.25, 0.3) is 0 Å². The molecule has 1 spiro atoms. The van der Waals surface area contributed by atoms with E-state index in [0.717, 1.165) is 11.1 Å². The highest BCUT2D eigenvalue weighted by atomic mass is 31.2. The molecule has 0 amide bonds. The highest BCUT2D eigenvalue weighted by Crippen LogP contribution is 2.59. The van der Waals surface area contributed by atoms with Crippen LogP contribution in [0.1, 0.15) is 11.1 Å². The van der Waals surface area contributed by atoms with Gasteiger partial charge in [-0.15, -0.1) is 0 Å². The molecule has 0 N–H and O–H groups in total. The first-order valence-corrected chi connectivity index (χ1v) is 13.3. The number of aryl methyl sites for hydroxylation is 2. The molecule has 0 bridgehead atoms. The second kappa shape index (κ2) is 8.85. The molecule has 0 aromatic heterocycles. The Bertz CT molecular complexity index is 799. The fourth-order valence-electron chi connectivity index (χ4n) is 3.35. The Morgan fingerprint density at radius 1 is 0.621 bits per heavy atom. The van der Waals surface area contributed by atoms with Gasteiger partial charge in [0.05, 0.1) is 44.2 Å². The van der Waals surface area contributed by atoms with E-state index in [1.165, 1.54) is 0 Å². The van der Waals surface area contributed by atoms with Crippen LogP contribution in [-0.4, -0.2) is 38.8 Å². The molecule has 4 rings (SSSR count). The molecule has 2 saturated heterocycles. The number of hydrogen-bond acceptors (Lipinski definition) is 6. The van der Waals surface area contributed by atoms with Crippen molar-refractivity contribution in [3.05, 3.63) is 71.8 Å². The van der Waals surface area contributed by atoms with Crippen molar-refractivity contribution in [3.63, 3.8) is 0 Å². The Hall–Kier alpha value is -1.26. The molecule has 2 heterocycles. The molecule has 0 radical (unpaired) electrons. The number of rotatable bonds is 6. The Kier molecular flexibility index (Phi) is 6.41. The van der Waals surface area contributed by atoms with Crippen molar-refractivity contribution >= 4 is 15.2 Å². The van der Waals surface area contributed by atoms with Gasteiger partial charge in [0.1, 0.15) is 0 Å². The van der Waals surface area contributed by atoms with Crippen LogP contribution in [0.2, 0.25) is 0 Å². The van der Waals surface area contributed by atoms with E-state index in [2.05, 4.69) is 0 Å². The third-order valence-corrected chi connectivity index (χ3v) is 8.94. The minimum Gasteiger partial charge on any atom is -0.308 e. The molecular formula is C21H26O6P2. The van der Waals surface area contributed by atoms with E-state index in [4.69, 9.17) is 18.1 Å². The summed E-state index contributed by atoms with van der Waals surface area (Å²) in [6, 6.07) is 19.7. The van der Waals surface area contributed by atoms with E-state index in [1.54, 1.807) is 0 Å². The van der Waals surface area contributed by atoms with E-state index in [1.807, 2.05) is 60.7 Å². The molecule has 0 unspecified atom stereocenters. The van der Waals surface area contributed by atoms with Crippen LogP contribution in [-0.2, 0) is 40.1 Å². The first-order chi connectivity index (χ1) is 14.0. The van der Waals surface area contributed by atoms with Crippen molar-refractivity contribution < 1.29 is 27.2 Å². The number of hydrogen-bond donors (Lipinski definition) is 0. The normalized spacial score (nSPS) is 32.3. The lowest BCUT2D eigenvalue weighted by molar-refractivity contribution is -0.0683. The first-order valence-electron chi connectivity index (χ1n) is 9.83. The lowest BCUT2D eigenvalue weighted by Crippen LogP contribution is -2.46. The van der Waals surface area contributed by atoms with Crippen molar-refractivity contribution in [2.75, 3.05) is 38.8 Å². The Morgan fingerprint density at radius 2 is 0.966 bits per heavy atom. The van der Waals surface area contributed by atoms with Gasteiger partial charge in [0, 0.05) is 0 Å². The maximum Gasteiger partial charge on any atom is 0.331 e. The second-order valence-electron chi connectivity index (χ2n) is 7.73. The minimum absolute atomic E-state index is 0.220. The molecule has 29 heavy (non-hydrogen) atoms. The van der Waals surface area contributed by atoms with Crippen molar-refractivity contribution in [1.82, 2.24) is 0 Å². The Labute approximate surface area is 171 Å². The topological polar surface area (TPSA) is 71.1 Å². The van der Waals surface area contributed by atoms with E-state index in [9.17, 15) is 9.13 Å². The average molecular weight is 436 g/mol. The summed E-state index contributed by atoms with van der Waals surface area (Å²) in [4.78, 5) is 0. The minimum atomic E-state index is -3.14. The van der Waals surface area contributed by atoms with E-state index in [0.29, 0.717) is 25.2 Å². The van der Waals surface area contributed by atoms with Gasteiger partial charge in [-0.2, -0.15) is 0 Å². The van der Waals surface area contributed by atoms with Gasteiger partial charge in [0.25, 0.3) is 0 Å². The maximum atomic E-state index is 12.8. The average Bonchev–Trinajstić information content (AvgIpc) is 2.77. The van der Waals surface area contributed by atoms with Crippen LogP contribution in [0.5, 0.6) is 0 Å². The summed E-state index contributed by atoms with van der Waals surface area (Å²) < 4.78 is 48.3. The van der Waals surface area contributed by atoms with Crippen molar-refractivity contribution in [2.45, 2.75) is 12.8 Å². The van der Waals surface area contributed by atoms with Gasteiger partial charge in [-0.05, 0) is 24.0 Å². The van der Waals surface area contributed by atoms with Crippen LogP contribution in [0.4, 0.5) is 0 Å². The van der Waals surface area contributed by atoms with Gasteiger partial charge >= 0.3 is 15.2 Å². The highest BCUT2D eigenvalue weighted by Gasteiger charge is 2.48. The lowest BCUT2D eigenvalue weighted by atomic mass is 9.93. The SMILES string of the molecule is O=P1(CCc2ccccc2)OCC2(CO1)COP(=O)(CCc1ccccc1)OC2. The van der Waals surface area contributed by atoms with Crippen LogP contribution in [0, 0.1) is 5.41 Å². The van der Waals surface area contributed by atoms with Crippen molar-refractivity contribution in [1.29, 1.82) is 0 Å². The smallest absolute Gasteiger partial charge is 0.308 e. The zero-order valence-electron chi connectivity index (χ0n) is 16.3. The van der Waals surface area contributed by atoms with Crippen LogP contribution in [0.3, 0.4) is 0 Å². The predicted octanol–water partition coefficient (Wildman–Crippen LogP) is 4.94. The molecule has 2 aromatic carbocycles. The Morgan fingerprint density at radius 3 is 1.31 bits per heavy atom. The van der Waals surface area contributed by atoms with Crippen molar-refractivity contribution in [3.8, 4) is 0 Å². The summed E-state index contributed by atoms with van der Waals surface area (Å²) >= 11 is 0. The third kappa shape index (κ3) is 5.46. The molecule has 0 atom stereocenters. The summed E-state index contributed by atoms with van der Waals surface area (Å²) in [6.07, 6.45) is 1.94. The molecule has 0 saturated carbocycles. The van der Waals surface area contributed by atoms with Gasteiger partial charge in [-0.1, -0.05) is 60.7 Å². The predicted molar refractivity (Wildman–Crippen MR) is 111 cm³/mol. The van der Waals surface area contributed by atoms with Gasteiger partial charge in [0.2, 0.25) is 0 Å². The molecular weight excluding hydrogens is 410 g/mol. The monoisotopic (exact) mass is 436 g/mol. The van der Waals surface area contributed by atoms with Crippen LogP contribution >= 0.6 is 15.2 Å². The zero-order valence-corrected chi connectivity index (χ0v) is 18.1. The van der Waals surface area contributed by atoms with Gasteiger partial charge in [-0.3, -0.25) is 9.13 Å². The fraction of sp³-hybridized carbons (Fsp3) is 0.429. The number of benzene rings is 2. The van der Waals surface area contributed by atoms with Crippen LogP contribution < -0.4 is 0 Å². The summed E-state index contributed by atoms with van der Waals surface area (Å²) in [7, 11) is -6.27. The highest BCUT2D eigenvalue weighted by molar-refractivity contribution is 7.54. The molecule has 156 valence electrons. The summed E-state index contributed by atoms with van der Waals surface area (Å²) in [5.41, 5.74) is 1.64. The first kappa shape index (κ1) is 21.0. The standard InChI is InChI=1S/C21H26O6P2/c22-28(13-11-19-7-3-1-4-8-19)24-15-21(16-25-28)17-26-29(23,27-18-21)14-12-20-9-5-2-6-10-20/h1-10H,11-18H2. The summed E-state index contributed by atoms with van der Waals surface area (Å²) in [5.74, 6) is 0. The lowest BCUT2D eigenvalue weighted by Gasteiger charge is -2.43. The Balaban J connectivity index is 1.26. The fourth-order valence-corrected chi connectivity index (χ4v) is 6.96. The van der Waals surface area contributed by atoms with E-state index < -0.39 is 20.6 Å². The molecule has 2 aliphatic heterocycles. The molecule has 2 aromatic rings. The molecule has 6 nitrogen and oxygen atoms in total. The zero-order chi connectivity index (χ0) is 20.2. The molecule has 2 fully saturated rings. The molecule has 0 aliphatic carbocycles. The van der Waals surface area contributed by atoms with Gasteiger partial charge in [0.15, 0.2) is 0 Å². The van der Waals surface area contributed by atoms with Gasteiger partial charge in [-0.25, -0.2) is 0 Å². The molecule has 8 heteroatoms. The summed E-state index contributed by atoms with van der Waals surface area (Å²) in [6.45, 7) is 0.880.